The summed E-state index contributed by atoms with van der Waals surface area (Å²) in [7, 11) is 0. The molecule has 0 aromatic heterocycles. The van der Waals surface area contributed by atoms with Gasteiger partial charge in [0.1, 0.15) is 0 Å². The Hall–Kier alpha value is -1.29. The van der Waals surface area contributed by atoms with Crippen LogP contribution in [0.1, 0.15) is 13.3 Å². The lowest BCUT2D eigenvalue weighted by Crippen LogP contribution is -2.30. The van der Waals surface area contributed by atoms with Gasteiger partial charge in [-0.05, 0) is 25.0 Å². The topological polar surface area (TPSA) is 74.6 Å². The van der Waals surface area contributed by atoms with Gasteiger partial charge in [-0.2, -0.15) is 0 Å². The molecule has 0 heterocycles. The largest absolute Gasteiger partial charge is 0.481 e. The molecule has 4 nitrogen and oxygen atoms in total. The van der Waals surface area contributed by atoms with Gasteiger partial charge in [0.15, 0.2) is 0 Å². The van der Waals surface area contributed by atoms with Gasteiger partial charge < -0.3 is 10.2 Å². The SMILES string of the molecule is CC1(C(=O)O)C=C(CCl)C=C(C(=O)O)C1. The number of halogens is 1. The third-order valence-corrected chi connectivity index (χ3v) is 2.65. The van der Waals surface area contributed by atoms with E-state index in [1.807, 2.05) is 0 Å². The fraction of sp³-hybridized carbons (Fsp3) is 0.400. The number of aliphatic carboxylic acids is 2. The van der Waals surface area contributed by atoms with Crippen LogP contribution in [-0.2, 0) is 9.59 Å². The Balaban J connectivity index is 3.12. The molecule has 82 valence electrons. The van der Waals surface area contributed by atoms with Gasteiger partial charge in [-0.15, -0.1) is 11.6 Å². The standard InChI is InChI=1S/C10H11ClO4/c1-10(9(14)15)3-6(5-11)2-7(4-10)8(12)13/h2-3H,4-5H2,1H3,(H,12,13)(H,14,15). The van der Waals surface area contributed by atoms with E-state index in [4.69, 9.17) is 21.8 Å². The molecule has 0 amide bonds. The van der Waals surface area contributed by atoms with Crippen molar-refractivity contribution in [2.75, 3.05) is 5.88 Å². The molecule has 1 atom stereocenters. The van der Waals surface area contributed by atoms with Crippen LogP contribution in [0.5, 0.6) is 0 Å². The second-order valence-electron chi connectivity index (χ2n) is 3.73. The van der Waals surface area contributed by atoms with Gasteiger partial charge >= 0.3 is 11.9 Å². The smallest absolute Gasteiger partial charge is 0.331 e. The summed E-state index contributed by atoms with van der Waals surface area (Å²) in [5.74, 6) is -2.03. The van der Waals surface area contributed by atoms with Crippen LogP contribution in [-0.4, -0.2) is 28.0 Å². The van der Waals surface area contributed by atoms with Gasteiger partial charge in [0.25, 0.3) is 0 Å². The van der Waals surface area contributed by atoms with Crippen LogP contribution in [0.2, 0.25) is 0 Å². The first kappa shape index (κ1) is 11.8. The van der Waals surface area contributed by atoms with Gasteiger partial charge in [-0.1, -0.05) is 6.08 Å². The average molecular weight is 231 g/mol. The molecule has 0 bridgehead atoms. The van der Waals surface area contributed by atoms with Gasteiger partial charge in [-0.3, -0.25) is 4.79 Å². The maximum atomic E-state index is 11.0. The number of hydrogen-bond donors (Lipinski definition) is 2. The van der Waals surface area contributed by atoms with E-state index in [-0.39, 0.29) is 17.9 Å². The summed E-state index contributed by atoms with van der Waals surface area (Å²) in [5.41, 5.74) is -0.560. The first-order valence-corrected chi connectivity index (χ1v) is 4.87. The molecular formula is C10H11ClO4. The quantitative estimate of drug-likeness (QED) is 0.723. The molecule has 1 rings (SSSR count). The van der Waals surface area contributed by atoms with E-state index in [2.05, 4.69) is 0 Å². The first-order valence-electron chi connectivity index (χ1n) is 4.34. The van der Waals surface area contributed by atoms with Crippen molar-refractivity contribution in [3.63, 3.8) is 0 Å². The van der Waals surface area contributed by atoms with E-state index in [1.54, 1.807) is 0 Å². The molecule has 15 heavy (non-hydrogen) atoms. The summed E-state index contributed by atoms with van der Waals surface area (Å²) in [6.07, 6.45) is 2.92. The van der Waals surface area contributed by atoms with Crippen LogP contribution in [0, 0.1) is 5.41 Å². The predicted molar refractivity (Wildman–Crippen MR) is 54.9 cm³/mol. The molecule has 0 saturated carbocycles. The molecule has 1 unspecified atom stereocenters. The monoisotopic (exact) mass is 230 g/mol. The number of carbonyl (C=O) groups is 2. The van der Waals surface area contributed by atoms with Crippen LogP contribution in [0.25, 0.3) is 0 Å². The minimum atomic E-state index is -1.17. The Labute approximate surface area is 91.9 Å². The highest BCUT2D eigenvalue weighted by Gasteiger charge is 2.36. The molecule has 0 saturated heterocycles. The lowest BCUT2D eigenvalue weighted by atomic mass is 9.78. The highest BCUT2D eigenvalue weighted by Crippen LogP contribution is 2.34. The van der Waals surface area contributed by atoms with Crippen molar-refractivity contribution in [2.24, 2.45) is 5.41 Å². The van der Waals surface area contributed by atoms with Crippen LogP contribution >= 0.6 is 11.6 Å². The maximum absolute atomic E-state index is 11.0. The molecule has 0 spiro atoms. The van der Waals surface area contributed by atoms with Gasteiger partial charge in [-0.25, -0.2) is 4.79 Å². The van der Waals surface area contributed by atoms with E-state index in [9.17, 15) is 9.59 Å². The Kier molecular flexibility index (Phi) is 3.19. The summed E-state index contributed by atoms with van der Waals surface area (Å²) in [6.45, 7) is 1.48. The van der Waals surface area contributed by atoms with E-state index in [0.717, 1.165) is 0 Å². The highest BCUT2D eigenvalue weighted by molar-refractivity contribution is 6.19. The van der Waals surface area contributed by atoms with Gasteiger partial charge in [0, 0.05) is 11.5 Å². The van der Waals surface area contributed by atoms with Crippen molar-refractivity contribution in [3.05, 3.63) is 23.3 Å². The number of allylic oxidation sites excluding steroid dienone is 2. The summed E-state index contributed by atoms with van der Waals surface area (Å²) in [4.78, 5) is 21.8. The van der Waals surface area contributed by atoms with Crippen molar-refractivity contribution in [2.45, 2.75) is 13.3 Å². The molecule has 1 aliphatic carbocycles. The predicted octanol–water partition coefficient (Wildman–Crippen LogP) is 1.66. The first-order chi connectivity index (χ1) is 6.89. The number of alkyl halides is 1. The summed E-state index contributed by atoms with van der Waals surface area (Å²) < 4.78 is 0. The lowest BCUT2D eigenvalue weighted by molar-refractivity contribution is -0.145. The third kappa shape index (κ3) is 2.39. The summed E-state index contributed by atoms with van der Waals surface area (Å²) in [5, 5.41) is 17.8. The molecule has 0 radical (unpaired) electrons. The highest BCUT2D eigenvalue weighted by atomic mass is 35.5. The van der Waals surface area contributed by atoms with E-state index in [1.165, 1.54) is 19.1 Å². The van der Waals surface area contributed by atoms with Crippen LogP contribution in [0.3, 0.4) is 0 Å². The molecule has 1 aliphatic rings. The Bertz CT molecular complexity index is 370. The zero-order chi connectivity index (χ0) is 11.6. The minimum absolute atomic E-state index is 0.0158. The maximum Gasteiger partial charge on any atom is 0.331 e. The number of rotatable bonds is 3. The van der Waals surface area contributed by atoms with Crippen molar-refractivity contribution in [1.82, 2.24) is 0 Å². The minimum Gasteiger partial charge on any atom is -0.481 e. The van der Waals surface area contributed by atoms with E-state index in [0.29, 0.717) is 5.57 Å². The average Bonchev–Trinajstić information content (AvgIpc) is 2.16. The second-order valence-corrected chi connectivity index (χ2v) is 3.99. The zero-order valence-corrected chi connectivity index (χ0v) is 8.91. The fourth-order valence-corrected chi connectivity index (χ4v) is 1.68. The van der Waals surface area contributed by atoms with E-state index < -0.39 is 17.4 Å². The molecule has 0 aromatic rings. The van der Waals surface area contributed by atoms with Crippen LogP contribution in [0.4, 0.5) is 0 Å². The van der Waals surface area contributed by atoms with Crippen LogP contribution < -0.4 is 0 Å². The fourth-order valence-electron chi connectivity index (χ4n) is 1.52. The molecule has 0 aromatic carbocycles. The second kappa shape index (κ2) is 4.06. The third-order valence-electron chi connectivity index (χ3n) is 2.34. The molecular weight excluding hydrogens is 220 g/mol. The normalized spacial score (nSPS) is 25.5. The van der Waals surface area contributed by atoms with E-state index >= 15 is 0 Å². The molecule has 0 aliphatic heterocycles. The Morgan fingerprint density at radius 1 is 1.53 bits per heavy atom. The van der Waals surface area contributed by atoms with Crippen molar-refractivity contribution < 1.29 is 19.8 Å². The van der Waals surface area contributed by atoms with Crippen molar-refractivity contribution in [1.29, 1.82) is 0 Å². The molecule has 0 fully saturated rings. The summed E-state index contributed by atoms with van der Waals surface area (Å²) in [6, 6.07) is 0. The lowest BCUT2D eigenvalue weighted by Gasteiger charge is -2.25. The van der Waals surface area contributed by atoms with Gasteiger partial charge in [0.05, 0.1) is 5.41 Å². The van der Waals surface area contributed by atoms with Crippen molar-refractivity contribution >= 4 is 23.5 Å². The number of carboxylic acids is 2. The van der Waals surface area contributed by atoms with Crippen LogP contribution in [0.15, 0.2) is 23.3 Å². The Morgan fingerprint density at radius 3 is 2.53 bits per heavy atom. The van der Waals surface area contributed by atoms with Gasteiger partial charge in [0.2, 0.25) is 0 Å². The summed E-state index contributed by atoms with van der Waals surface area (Å²) >= 11 is 5.58. The molecule has 5 heteroatoms. The Morgan fingerprint density at radius 2 is 2.13 bits per heavy atom. The zero-order valence-electron chi connectivity index (χ0n) is 8.16. The number of hydrogen-bond acceptors (Lipinski definition) is 2. The molecule has 2 N–H and O–H groups in total. The van der Waals surface area contributed by atoms with Crippen molar-refractivity contribution in [3.8, 4) is 0 Å². The number of carboxylic acid groups (broad SMARTS) is 2.